The molecule has 1 amide bonds. The molecule has 3 nitrogen and oxygen atoms in total. The molecule has 29 heavy (non-hydrogen) atoms. The molecule has 0 aliphatic heterocycles. The van der Waals surface area contributed by atoms with Crippen LogP contribution in [0.4, 0.5) is 0 Å². The van der Waals surface area contributed by atoms with Gasteiger partial charge in [-0.15, -0.1) is 0 Å². The number of fused-ring (bicyclic) bond motifs is 1. The minimum Gasteiger partial charge on any atom is -0.353 e. The molecule has 0 radical (unpaired) electrons. The number of hydrogen-bond acceptors (Lipinski definition) is 2. The lowest BCUT2D eigenvalue weighted by Crippen LogP contribution is -2.53. The monoisotopic (exact) mass is 397 g/mol. The van der Waals surface area contributed by atoms with Gasteiger partial charge in [-0.05, 0) is 87.0 Å². The topological polar surface area (TPSA) is 46.2 Å². The molecule has 3 heteroatoms. The number of amides is 1. The van der Waals surface area contributed by atoms with E-state index in [9.17, 15) is 9.59 Å². The molecule has 1 spiro atoms. The highest BCUT2D eigenvalue weighted by Gasteiger charge is 2.64. The van der Waals surface area contributed by atoms with Crippen molar-refractivity contribution in [2.75, 3.05) is 0 Å². The van der Waals surface area contributed by atoms with Gasteiger partial charge in [0.25, 0.3) is 0 Å². The second kappa shape index (κ2) is 7.71. The van der Waals surface area contributed by atoms with E-state index in [-0.39, 0.29) is 16.7 Å². The van der Waals surface area contributed by atoms with Crippen LogP contribution in [0.5, 0.6) is 0 Å². The molecule has 1 N–H and O–H groups in total. The Morgan fingerprint density at radius 1 is 1.14 bits per heavy atom. The molecule has 4 saturated carbocycles. The van der Waals surface area contributed by atoms with Crippen LogP contribution >= 0.6 is 0 Å². The van der Waals surface area contributed by atoms with Crippen LogP contribution in [0.2, 0.25) is 0 Å². The number of hydrogen-bond donors (Lipinski definition) is 1. The van der Waals surface area contributed by atoms with Crippen molar-refractivity contribution in [1.29, 1.82) is 0 Å². The van der Waals surface area contributed by atoms with Gasteiger partial charge in [0.1, 0.15) is 0 Å². The Kier molecular flexibility index (Phi) is 5.55. The third-order valence-corrected chi connectivity index (χ3v) is 9.25. The van der Waals surface area contributed by atoms with Crippen molar-refractivity contribution in [1.82, 2.24) is 5.32 Å². The summed E-state index contributed by atoms with van der Waals surface area (Å²) in [6, 6.07) is 0.369. The van der Waals surface area contributed by atoms with Gasteiger partial charge in [-0.25, -0.2) is 0 Å². The summed E-state index contributed by atoms with van der Waals surface area (Å²) < 4.78 is 0. The summed E-state index contributed by atoms with van der Waals surface area (Å²) in [5.74, 6) is 1.71. The molecule has 4 fully saturated rings. The maximum Gasteiger partial charge on any atom is 0.220 e. The van der Waals surface area contributed by atoms with Gasteiger partial charge in [0.15, 0.2) is 5.78 Å². The molecule has 0 aromatic carbocycles. The second-order valence-electron chi connectivity index (χ2n) is 10.9. The van der Waals surface area contributed by atoms with Gasteiger partial charge in [-0.3, -0.25) is 9.59 Å². The van der Waals surface area contributed by atoms with Gasteiger partial charge in [-0.2, -0.15) is 0 Å². The summed E-state index contributed by atoms with van der Waals surface area (Å²) >= 11 is 0. The fourth-order valence-electron chi connectivity index (χ4n) is 7.79. The molecule has 0 saturated heterocycles. The van der Waals surface area contributed by atoms with E-state index in [0.717, 1.165) is 56.9 Å². The number of ketones is 1. The van der Waals surface area contributed by atoms with Gasteiger partial charge < -0.3 is 5.32 Å². The van der Waals surface area contributed by atoms with Gasteiger partial charge in [0.05, 0.1) is 0 Å². The fraction of sp³-hybridized carbons (Fsp3) is 0.769. The van der Waals surface area contributed by atoms with Crippen molar-refractivity contribution in [3.8, 4) is 0 Å². The lowest BCUT2D eigenvalue weighted by molar-refractivity contribution is -0.141. The van der Waals surface area contributed by atoms with Crippen LogP contribution in [0.15, 0.2) is 24.3 Å². The Hall–Kier alpha value is -1.38. The largest absolute Gasteiger partial charge is 0.353 e. The minimum absolute atomic E-state index is 0.0285. The first kappa shape index (κ1) is 20.9. The quantitative estimate of drug-likeness (QED) is 0.474. The zero-order valence-electron chi connectivity index (χ0n) is 18.5. The lowest BCUT2D eigenvalue weighted by atomic mass is 9.46. The molecule has 0 aromatic heterocycles. The van der Waals surface area contributed by atoms with Crippen LogP contribution in [-0.2, 0) is 9.59 Å². The van der Waals surface area contributed by atoms with Crippen molar-refractivity contribution in [3.63, 3.8) is 0 Å². The molecule has 4 rings (SSSR count). The van der Waals surface area contributed by atoms with Crippen molar-refractivity contribution >= 4 is 11.7 Å². The lowest BCUT2D eigenvalue weighted by Gasteiger charge is -2.57. The minimum atomic E-state index is -0.208. The van der Waals surface area contributed by atoms with Gasteiger partial charge in [0, 0.05) is 17.9 Å². The molecule has 0 heterocycles. The summed E-state index contributed by atoms with van der Waals surface area (Å²) in [7, 11) is 0. The molecule has 2 bridgehead atoms. The zero-order valence-corrected chi connectivity index (χ0v) is 18.5. The smallest absolute Gasteiger partial charge is 0.220 e. The summed E-state index contributed by atoms with van der Waals surface area (Å²) in [5, 5.41) is 3.30. The van der Waals surface area contributed by atoms with Gasteiger partial charge in [0.2, 0.25) is 5.91 Å². The molecule has 0 aromatic rings. The van der Waals surface area contributed by atoms with Crippen LogP contribution in [0.3, 0.4) is 0 Å². The van der Waals surface area contributed by atoms with Crippen LogP contribution in [-0.4, -0.2) is 17.7 Å². The Morgan fingerprint density at radius 3 is 2.55 bits per heavy atom. The first-order valence-corrected chi connectivity index (χ1v) is 12.0. The summed E-state index contributed by atoms with van der Waals surface area (Å²) in [5.41, 5.74) is 1.87. The van der Waals surface area contributed by atoms with Crippen molar-refractivity contribution in [2.24, 2.45) is 28.6 Å². The van der Waals surface area contributed by atoms with E-state index < -0.39 is 0 Å². The Morgan fingerprint density at radius 2 is 1.86 bits per heavy atom. The number of allylic oxidation sites excluding steroid dienone is 2. The van der Waals surface area contributed by atoms with E-state index in [1.807, 2.05) is 0 Å². The average molecular weight is 398 g/mol. The molecular formula is C26H39NO2. The van der Waals surface area contributed by atoms with E-state index in [1.165, 1.54) is 24.8 Å². The molecular weight excluding hydrogens is 358 g/mol. The van der Waals surface area contributed by atoms with Crippen LogP contribution in [0.25, 0.3) is 0 Å². The first-order chi connectivity index (χ1) is 13.8. The predicted molar refractivity (Wildman–Crippen MR) is 117 cm³/mol. The third-order valence-electron chi connectivity index (χ3n) is 9.25. The molecule has 4 aliphatic rings. The SMILES string of the molecule is C=C1C(=O)[C@@]23CC[C@H](C(=C)C)[C@@](C)(CCC(=O)NC4CCCCC4)[C@@H]2CC[C@H]1C3. The molecule has 4 aliphatic carbocycles. The molecule has 5 atom stereocenters. The van der Waals surface area contributed by atoms with Gasteiger partial charge in [-0.1, -0.05) is 44.9 Å². The van der Waals surface area contributed by atoms with E-state index in [2.05, 4.69) is 32.3 Å². The highest BCUT2D eigenvalue weighted by Crippen LogP contribution is 2.67. The highest BCUT2D eigenvalue weighted by atomic mass is 16.1. The van der Waals surface area contributed by atoms with Gasteiger partial charge >= 0.3 is 0 Å². The van der Waals surface area contributed by atoms with Crippen LogP contribution in [0.1, 0.15) is 90.9 Å². The van der Waals surface area contributed by atoms with E-state index in [1.54, 1.807) is 0 Å². The van der Waals surface area contributed by atoms with Crippen LogP contribution < -0.4 is 5.32 Å². The maximum absolute atomic E-state index is 13.3. The average Bonchev–Trinajstić information content (AvgIpc) is 2.87. The number of Topliss-reactive ketones (excluding diaryl/α,β-unsaturated/α-hetero) is 1. The third kappa shape index (κ3) is 3.43. The Bertz CT molecular complexity index is 718. The van der Waals surface area contributed by atoms with E-state index >= 15 is 0 Å². The number of rotatable bonds is 5. The zero-order chi connectivity index (χ0) is 20.8. The second-order valence-corrected chi connectivity index (χ2v) is 10.9. The summed E-state index contributed by atoms with van der Waals surface area (Å²) in [6.07, 6.45) is 12.6. The summed E-state index contributed by atoms with van der Waals surface area (Å²) in [4.78, 5) is 26.1. The van der Waals surface area contributed by atoms with Crippen LogP contribution in [0, 0.1) is 28.6 Å². The fourth-order valence-corrected chi connectivity index (χ4v) is 7.79. The van der Waals surface area contributed by atoms with Crippen molar-refractivity contribution < 1.29 is 9.59 Å². The normalized spacial score (nSPS) is 39.9. The standard InChI is InChI=1S/C26H39NO2/c1-17(2)21-12-15-26-16-19(18(3)24(26)29)10-11-22(26)25(21,4)14-13-23(28)27-20-8-6-5-7-9-20/h19-22H,1,3,5-16H2,2,4H3,(H,27,28)/t19-,21+,22-,25+,26+/m0/s1. The van der Waals surface area contributed by atoms with E-state index in [0.29, 0.717) is 36.0 Å². The highest BCUT2D eigenvalue weighted by molar-refractivity contribution is 6.03. The number of carbonyl (C=O) groups excluding carboxylic acids is 2. The van der Waals surface area contributed by atoms with E-state index in [4.69, 9.17) is 0 Å². The Balaban J connectivity index is 1.52. The first-order valence-electron chi connectivity index (χ1n) is 12.0. The van der Waals surface area contributed by atoms with Crippen molar-refractivity contribution in [3.05, 3.63) is 24.3 Å². The summed E-state index contributed by atoms with van der Waals surface area (Å²) in [6.45, 7) is 13.0. The predicted octanol–water partition coefficient (Wildman–Crippen LogP) is 5.75. The van der Waals surface area contributed by atoms with Crippen molar-refractivity contribution in [2.45, 2.75) is 96.9 Å². The molecule has 0 unspecified atom stereocenters. The Labute approximate surface area is 176 Å². The molecule has 160 valence electrons. The number of carbonyl (C=O) groups is 2. The maximum atomic E-state index is 13.3. The number of nitrogens with one attached hydrogen (secondary N) is 1.